The van der Waals surface area contributed by atoms with Gasteiger partial charge in [0.05, 0.1) is 42.9 Å². The van der Waals surface area contributed by atoms with Crippen molar-refractivity contribution in [2.75, 3.05) is 26.9 Å². The molecule has 1 aromatic heterocycles. The smallest absolute Gasteiger partial charge is 0.332 e. The van der Waals surface area contributed by atoms with Gasteiger partial charge in [-0.1, -0.05) is 60.8 Å². The van der Waals surface area contributed by atoms with Gasteiger partial charge in [-0.15, -0.1) is 0 Å². The number of rotatable bonds is 26. The first-order valence-corrected chi connectivity index (χ1v) is 20.1. The van der Waals surface area contributed by atoms with Crippen LogP contribution in [-0.2, 0) is 57.2 Å². The number of esters is 4. The molecule has 1 saturated carbocycles. The third kappa shape index (κ3) is 16.5. The molecule has 58 heavy (non-hydrogen) atoms. The Morgan fingerprint density at radius 1 is 0.845 bits per heavy atom. The van der Waals surface area contributed by atoms with Crippen molar-refractivity contribution in [3.05, 3.63) is 23.7 Å². The molecule has 0 spiro atoms. The van der Waals surface area contributed by atoms with Crippen molar-refractivity contribution in [1.82, 2.24) is 21.3 Å². The summed E-state index contributed by atoms with van der Waals surface area (Å²) in [6.07, 6.45) is 4.27. The molecule has 326 valence electrons. The molecule has 4 amide bonds. The van der Waals surface area contributed by atoms with E-state index in [0.717, 1.165) is 19.3 Å². The molecular weight excluding hydrogens is 760 g/mol. The van der Waals surface area contributed by atoms with Gasteiger partial charge >= 0.3 is 23.9 Å². The van der Waals surface area contributed by atoms with Crippen LogP contribution in [0.4, 0.5) is 0 Å². The van der Waals surface area contributed by atoms with Crippen LogP contribution in [0, 0.1) is 23.7 Å². The summed E-state index contributed by atoms with van der Waals surface area (Å²) in [6, 6.07) is 1.32. The molecule has 3 unspecified atom stereocenters. The van der Waals surface area contributed by atoms with Crippen LogP contribution in [0.25, 0.3) is 0 Å². The van der Waals surface area contributed by atoms with Gasteiger partial charge in [0, 0.05) is 18.6 Å². The molecule has 6 atom stereocenters. The topological polar surface area (TPSA) is 244 Å². The van der Waals surface area contributed by atoms with E-state index < -0.39 is 91.5 Å². The summed E-state index contributed by atoms with van der Waals surface area (Å²) in [5.41, 5.74) is 0. The fourth-order valence-corrected chi connectivity index (χ4v) is 6.38. The summed E-state index contributed by atoms with van der Waals surface area (Å²) < 4.78 is 31.6. The van der Waals surface area contributed by atoms with E-state index in [1.165, 1.54) is 6.07 Å². The zero-order valence-corrected chi connectivity index (χ0v) is 34.8. The van der Waals surface area contributed by atoms with Gasteiger partial charge in [-0.05, 0) is 51.2 Å². The Morgan fingerprint density at radius 3 is 2.10 bits per heavy atom. The largest absolute Gasteiger partial charge is 0.456 e. The quantitative estimate of drug-likeness (QED) is 0.0453. The van der Waals surface area contributed by atoms with E-state index in [-0.39, 0.29) is 43.3 Å². The maximum absolute atomic E-state index is 13.7. The lowest BCUT2D eigenvalue weighted by atomic mass is 9.78. The van der Waals surface area contributed by atoms with Crippen LogP contribution >= 0.6 is 0 Å². The molecule has 0 aromatic carbocycles. The van der Waals surface area contributed by atoms with E-state index in [1.807, 2.05) is 6.92 Å². The first kappa shape index (κ1) is 49.1. The minimum Gasteiger partial charge on any atom is -0.456 e. The second-order valence-electron chi connectivity index (χ2n) is 14.7. The average molecular weight is 823 g/mol. The Labute approximate surface area is 339 Å². The highest BCUT2D eigenvalue weighted by atomic mass is 16.7. The summed E-state index contributed by atoms with van der Waals surface area (Å²) >= 11 is 0. The minimum absolute atomic E-state index is 0.0249. The zero-order chi connectivity index (χ0) is 43.2. The van der Waals surface area contributed by atoms with E-state index >= 15 is 0 Å². The Balaban J connectivity index is 2.07. The fraction of sp³-hybridized carbons (Fsp3) is 0.700. The van der Waals surface area contributed by atoms with Gasteiger partial charge in [0.2, 0.25) is 31.8 Å². The number of hydrogen-bond donors (Lipinski definition) is 4. The molecule has 1 heterocycles. The average Bonchev–Trinajstić information content (AvgIpc) is 3.69. The summed E-state index contributed by atoms with van der Waals surface area (Å²) in [4.78, 5) is 100. The van der Waals surface area contributed by atoms with Crippen LogP contribution < -0.4 is 21.3 Å². The maximum atomic E-state index is 13.7. The molecule has 0 bridgehead atoms. The van der Waals surface area contributed by atoms with E-state index in [1.54, 1.807) is 40.7 Å². The van der Waals surface area contributed by atoms with Crippen LogP contribution in [0.3, 0.4) is 0 Å². The Morgan fingerprint density at radius 2 is 1.50 bits per heavy atom. The molecule has 2 rings (SSSR count). The Bertz CT molecular complexity index is 1510. The fourth-order valence-electron chi connectivity index (χ4n) is 6.38. The molecule has 1 aliphatic rings. The molecule has 4 N–H and O–H groups in total. The molecule has 18 heteroatoms. The minimum atomic E-state index is -1.54. The second kappa shape index (κ2) is 26.1. The van der Waals surface area contributed by atoms with Crippen LogP contribution in [0.1, 0.15) is 128 Å². The number of ether oxygens (including phenoxy) is 5. The second-order valence-corrected chi connectivity index (χ2v) is 14.7. The number of nitrogens with one attached hydrogen (secondary N) is 4. The lowest BCUT2D eigenvalue weighted by molar-refractivity contribution is -0.176. The zero-order valence-electron chi connectivity index (χ0n) is 34.8. The van der Waals surface area contributed by atoms with Crippen molar-refractivity contribution in [3.8, 4) is 0 Å². The number of carbonyl (C=O) groups excluding carboxylic acids is 8. The standard InChI is InChI=1S/C40H62N4O14/c1-8-11-12-13-27(29(9-2)43-21-45)35(47)41-20-42-37(49)32-17-16-31(58-32)26-14-15-28(33(18-26)53-10-3)36(48)44-30(40(52)57-23-56-39(51)25(6)7)19-34(46)54-22-55-38(50)24(4)5/h16-17,21,24-30,33H,8-15,18-20,22-23H2,1-7H3,(H,41,47)(H,42,49)(H,43,45)(H,44,48)/t26?,27-,28?,29-,30+,33?/m1/s1. The normalized spacial score (nSPS) is 17.9. The highest BCUT2D eigenvalue weighted by molar-refractivity contribution is 5.92. The number of unbranched alkanes of at least 4 members (excludes halogenated alkanes) is 2. The first-order chi connectivity index (χ1) is 27.7. The van der Waals surface area contributed by atoms with E-state index in [0.29, 0.717) is 37.9 Å². The number of hydrogen-bond acceptors (Lipinski definition) is 14. The number of amides is 4. The molecule has 0 saturated heterocycles. The van der Waals surface area contributed by atoms with E-state index in [2.05, 4.69) is 28.2 Å². The van der Waals surface area contributed by atoms with Gasteiger partial charge in [0.25, 0.3) is 5.91 Å². The third-order valence-electron chi connectivity index (χ3n) is 9.67. The molecular formula is C40H62N4O14. The Hall–Kier alpha value is -5.00. The monoisotopic (exact) mass is 822 g/mol. The van der Waals surface area contributed by atoms with Gasteiger partial charge in [0.1, 0.15) is 11.8 Å². The SMILES string of the molecule is CCCCC[C@@H](C(=O)NCNC(=O)c1ccc(C2CCC(C(=O)N[C@@H](CC(=O)OCOC(=O)C(C)C)C(=O)OCOC(=O)C(C)C)C(OCC)C2)o1)[C@@H](CC)NC=O. The van der Waals surface area contributed by atoms with Gasteiger partial charge < -0.3 is 49.4 Å². The summed E-state index contributed by atoms with van der Waals surface area (Å²) in [5.74, 6) is -6.54. The van der Waals surface area contributed by atoms with Crippen molar-refractivity contribution in [1.29, 1.82) is 0 Å². The molecule has 1 aromatic rings. The van der Waals surface area contributed by atoms with Crippen molar-refractivity contribution >= 4 is 48.0 Å². The number of furan rings is 1. The number of carbonyl (C=O) groups is 8. The lowest BCUT2D eigenvalue weighted by Crippen LogP contribution is -2.49. The van der Waals surface area contributed by atoms with Crippen LogP contribution in [0.2, 0.25) is 0 Å². The molecule has 1 aliphatic carbocycles. The van der Waals surface area contributed by atoms with Gasteiger partial charge in [0.15, 0.2) is 5.76 Å². The summed E-state index contributed by atoms with van der Waals surface area (Å²) in [5, 5.41) is 10.7. The van der Waals surface area contributed by atoms with Crippen LogP contribution in [0.5, 0.6) is 0 Å². The highest BCUT2D eigenvalue weighted by Gasteiger charge is 2.39. The summed E-state index contributed by atoms with van der Waals surface area (Å²) in [6.45, 7) is 10.8. The molecule has 0 aliphatic heterocycles. The van der Waals surface area contributed by atoms with Crippen molar-refractivity contribution in [2.24, 2.45) is 23.7 Å². The highest BCUT2D eigenvalue weighted by Crippen LogP contribution is 2.38. The molecule has 1 fully saturated rings. The predicted octanol–water partition coefficient (Wildman–Crippen LogP) is 3.37. The first-order valence-electron chi connectivity index (χ1n) is 20.1. The van der Waals surface area contributed by atoms with E-state index in [9.17, 15) is 38.4 Å². The van der Waals surface area contributed by atoms with Crippen molar-refractivity contribution < 1.29 is 66.5 Å². The van der Waals surface area contributed by atoms with Gasteiger partial charge in [-0.3, -0.25) is 33.6 Å². The summed E-state index contributed by atoms with van der Waals surface area (Å²) in [7, 11) is 0. The molecule has 18 nitrogen and oxygen atoms in total. The van der Waals surface area contributed by atoms with Crippen molar-refractivity contribution in [3.63, 3.8) is 0 Å². The predicted molar refractivity (Wildman–Crippen MR) is 206 cm³/mol. The van der Waals surface area contributed by atoms with Gasteiger partial charge in [-0.25, -0.2) is 4.79 Å². The third-order valence-corrected chi connectivity index (χ3v) is 9.67. The Kier molecular flexibility index (Phi) is 22.1. The van der Waals surface area contributed by atoms with Crippen molar-refractivity contribution in [2.45, 2.75) is 130 Å². The van der Waals surface area contributed by atoms with Crippen LogP contribution in [0.15, 0.2) is 16.5 Å². The lowest BCUT2D eigenvalue weighted by Gasteiger charge is -2.35. The maximum Gasteiger partial charge on any atom is 0.332 e. The van der Waals surface area contributed by atoms with Crippen LogP contribution in [-0.4, -0.2) is 93.1 Å². The van der Waals surface area contributed by atoms with Gasteiger partial charge in [-0.2, -0.15) is 0 Å². The van der Waals surface area contributed by atoms with E-state index in [4.69, 9.17) is 28.1 Å². The molecule has 0 radical (unpaired) electrons.